The summed E-state index contributed by atoms with van der Waals surface area (Å²) < 4.78 is 34.8. The second kappa shape index (κ2) is 33.7. The number of H-pyrrole nitrogens is 3. The molecule has 0 saturated carbocycles. The molecule has 0 saturated heterocycles. The number of methoxy groups -OCH3 is 6. The lowest BCUT2D eigenvalue weighted by Crippen LogP contribution is -2.19. The van der Waals surface area contributed by atoms with Crippen LogP contribution in [0.3, 0.4) is 0 Å². The van der Waals surface area contributed by atoms with Crippen LogP contribution in [0.5, 0.6) is 34.5 Å². The van der Waals surface area contributed by atoms with Gasteiger partial charge in [-0.25, -0.2) is 4.99 Å². The fourth-order valence-electron chi connectivity index (χ4n) is 12.4. The van der Waals surface area contributed by atoms with Crippen molar-refractivity contribution in [3.8, 4) is 34.5 Å². The van der Waals surface area contributed by atoms with Gasteiger partial charge in [0.2, 0.25) is 0 Å². The topological polar surface area (TPSA) is 144 Å². The minimum Gasteiger partial charge on any atom is -0.497 e. The number of nitrogens with one attached hydrogen (secondary N) is 4. The summed E-state index contributed by atoms with van der Waals surface area (Å²) in [5.74, 6) is 3.55. The first kappa shape index (κ1) is 72.0. The molecule has 8 aromatic rings. The highest BCUT2D eigenvalue weighted by atomic mass is 16.5. The normalized spacial score (nSPS) is 15.7. The van der Waals surface area contributed by atoms with Gasteiger partial charge in [0.05, 0.1) is 54.1 Å². The maximum atomic E-state index is 13.6. The standard InChI is InChI=1S/C89H91N5O7/c1-58(21-15-16-22-59(2)24-18-26-61(4)30-40-77-62(5)27-19-47-89(77,7)8)23-17-25-60(3)29-31-64-32-34-66(35-33-64)88(95)91-70-38-36-65(37-39-70)63(6)78-41-42-81(92-78)86(68-51-73(98-11)56-74(52-68)99-12)82-45-46-84(94-82)87(69-53-75(100-13)57-76(54-69)101-14)83-44-43-80(93-83)85(79-28-20-48-90-79)67-49-71(96-9)55-72(50-67)97-10/h15-18,20-26,28-46,48-57,90,92,94H,6,19,27,47H2,1-5,7-14H3,(H,91,95)/b16-15+,23-17+,24-18+,31-29+,40-30+,58-21+,59-22+,60-25+,61-26+,85-80?,86-82?,87-84?. The molecule has 0 fully saturated rings. The van der Waals surface area contributed by atoms with Crippen molar-refractivity contribution in [2.75, 3.05) is 48.0 Å². The highest BCUT2D eigenvalue weighted by Gasteiger charge is 2.27. The molecule has 514 valence electrons. The zero-order valence-electron chi connectivity index (χ0n) is 60.2. The number of aromatic amines is 3. The van der Waals surface area contributed by atoms with Crippen molar-refractivity contribution in [1.82, 2.24) is 15.0 Å². The quantitative estimate of drug-likeness (QED) is 0.0395. The van der Waals surface area contributed by atoms with Gasteiger partial charge in [0, 0.05) is 80.1 Å². The number of nitrogens with zero attached hydrogens (tertiary/aromatic N) is 1. The van der Waals surface area contributed by atoms with Crippen molar-refractivity contribution in [1.29, 1.82) is 0 Å². The van der Waals surface area contributed by atoms with Gasteiger partial charge in [-0.2, -0.15) is 0 Å². The highest BCUT2D eigenvalue weighted by Crippen LogP contribution is 2.42. The van der Waals surface area contributed by atoms with Crippen LogP contribution in [-0.2, 0) is 0 Å². The molecule has 1 aliphatic heterocycles. The lowest BCUT2D eigenvalue weighted by molar-refractivity contribution is 0.102. The van der Waals surface area contributed by atoms with E-state index in [-0.39, 0.29) is 11.3 Å². The molecule has 1 aliphatic carbocycles. The molecule has 4 N–H and O–H groups in total. The second-order valence-corrected chi connectivity index (χ2v) is 25.8. The van der Waals surface area contributed by atoms with Crippen molar-refractivity contribution >= 4 is 45.7 Å². The van der Waals surface area contributed by atoms with Crippen LogP contribution >= 0.6 is 0 Å². The Kier molecular flexibility index (Phi) is 24.0. The summed E-state index contributed by atoms with van der Waals surface area (Å²) in [7, 11) is 9.82. The van der Waals surface area contributed by atoms with E-state index in [4.69, 9.17) is 33.4 Å². The van der Waals surface area contributed by atoms with E-state index in [1.165, 1.54) is 41.6 Å². The third-order valence-corrected chi connectivity index (χ3v) is 18.0. The Bertz CT molecular complexity index is 4850. The summed E-state index contributed by atoms with van der Waals surface area (Å²) in [6.45, 7) is 20.0. The molecule has 0 bridgehead atoms. The fraction of sp³-hybridized carbons (Fsp3) is 0.191. The maximum absolute atomic E-state index is 13.6. The molecule has 12 heteroatoms. The van der Waals surface area contributed by atoms with Crippen LogP contribution in [0.1, 0.15) is 123 Å². The molecule has 2 aliphatic rings. The van der Waals surface area contributed by atoms with E-state index in [0.717, 1.165) is 94.7 Å². The summed E-state index contributed by atoms with van der Waals surface area (Å²) in [5.41, 5.74) is 20.6. The van der Waals surface area contributed by atoms with E-state index in [1.54, 1.807) is 42.7 Å². The monoisotopic (exact) mass is 1340 g/mol. The number of aromatic nitrogens is 3. The van der Waals surface area contributed by atoms with Crippen LogP contribution in [-0.4, -0.2) is 69.2 Å². The molecular formula is C89H91N5O7. The third kappa shape index (κ3) is 18.5. The Hall–Kier alpha value is -11.8. The molecule has 0 spiro atoms. The van der Waals surface area contributed by atoms with Gasteiger partial charge in [0.1, 0.15) is 34.5 Å². The smallest absolute Gasteiger partial charge is 0.255 e. The third-order valence-electron chi connectivity index (χ3n) is 18.0. The number of hydrogen-bond donors (Lipinski definition) is 4. The highest BCUT2D eigenvalue weighted by molar-refractivity contribution is 6.30. The van der Waals surface area contributed by atoms with E-state index < -0.39 is 0 Å². The zero-order chi connectivity index (χ0) is 71.6. The molecule has 5 aromatic carbocycles. The molecule has 1 amide bonds. The number of carbonyl (C=O) groups excluding carboxylic acids is 1. The van der Waals surface area contributed by atoms with Crippen molar-refractivity contribution in [2.45, 2.75) is 67.7 Å². The lowest BCUT2D eigenvalue weighted by Gasteiger charge is -2.32. The number of carbonyl (C=O) groups is 1. The largest absolute Gasteiger partial charge is 0.497 e. The van der Waals surface area contributed by atoms with E-state index in [9.17, 15) is 4.79 Å². The van der Waals surface area contributed by atoms with Gasteiger partial charge in [-0.05, 0) is 207 Å². The van der Waals surface area contributed by atoms with Gasteiger partial charge in [0.25, 0.3) is 5.91 Å². The minimum absolute atomic E-state index is 0.211. The minimum atomic E-state index is -0.211. The predicted octanol–water partition coefficient (Wildman–Crippen LogP) is 19.5. The van der Waals surface area contributed by atoms with Crippen LogP contribution in [0.25, 0.3) is 28.4 Å². The summed E-state index contributed by atoms with van der Waals surface area (Å²) in [5, 5.41) is 4.63. The van der Waals surface area contributed by atoms with Gasteiger partial charge < -0.3 is 48.7 Å². The first-order valence-corrected chi connectivity index (χ1v) is 33.8. The Morgan fingerprint density at radius 2 is 0.990 bits per heavy atom. The summed E-state index contributed by atoms with van der Waals surface area (Å²) in [6, 6.07) is 44.8. The number of aliphatic imine (C=N–C) groups is 1. The van der Waals surface area contributed by atoms with Crippen LogP contribution in [0, 0.1) is 5.41 Å². The maximum Gasteiger partial charge on any atom is 0.255 e. The van der Waals surface area contributed by atoms with Crippen molar-refractivity contribution in [3.05, 3.63) is 344 Å². The zero-order valence-corrected chi connectivity index (χ0v) is 60.2. The molecule has 12 nitrogen and oxygen atoms in total. The van der Waals surface area contributed by atoms with E-state index in [0.29, 0.717) is 51.5 Å². The number of amides is 1. The van der Waals surface area contributed by atoms with Crippen LogP contribution in [0.15, 0.2) is 288 Å². The van der Waals surface area contributed by atoms with Gasteiger partial charge in [-0.1, -0.05) is 158 Å². The van der Waals surface area contributed by atoms with Crippen LogP contribution in [0.2, 0.25) is 0 Å². The Labute approximate surface area is 595 Å². The van der Waals surface area contributed by atoms with Crippen molar-refractivity contribution in [3.63, 3.8) is 0 Å². The van der Waals surface area contributed by atoms with Crippen molar-refractivity contribution in [2.24, 2.45) is 10.4 Å². The molecule has 0 radical (unpaired) electrons. The number of hydrogen-bond acceptors (Lipinski definition) is 8. The Morgan fingerprint density at radius 1 is 0.505 bits per heavy atom. The molecule has 101 heavy (non-hydrogen) atoms. The SMILES string of the molecule is C=C(c1ccc(NC(=O)c2ccc(/C=C/C(C)=C/C=C/C(C)=C/C=C/C=C(C)/C=C/C=C(C)/C=C/C3=C(C)CCCC3(C)C)cc2)cc1)c1ccc(C(c2cc(OC)cc(OC)c2)=c2ccc(=C(C3=NC(=C(c4cc(OC)cc(OC)c4)c4ccc[nH]4)C=C3)c3cc(OC)cc(OC)c3)[nH]2)[nH]1. The van der Waals surface area contributed by atoms with Crippen LogP contribution < -0.4 is 44.4 Å². The van der Waals surface area contributed by atoms with Crippen LogP contribution in [0.4, 0.5) is 5.69 Å². The van der Waals surface area contributed by atoms with Crippen molar-refractivity contribution < 1.29 is 33.2 Å². The van der Waals surface area contributed by atoms with Gasteiger partial charge >= 0.3 is 0 Å². The van der Waals surface area contributed by atoms with Gasteiger partial charge in [-0.15, -0.1) is 0 Å². The number of ether oxygens (including phenoxy) is 6. The summed E-state index contributed by atoms with van der Waals surface area (Å²) >= 11 is 0. The van der Waals surface area contributed by atoms with Gasteiger partial charge in [-0.3, -0.25) is 4.79 Å². The number of benzene rings is 5. The molecule has 0 atom stereocenters. The first-order valence-electron chi connectivity index (χ1n) is 33.8. The molecule has 10 rings (SSSR count). The molecule has 0 unspecified atom stereocenters. The fourth-order valence-corrected chi connectivity index (χ4v) is 12.4. The summed E-state index contributed by atoms with van der Waals surface area (Å²) in [6.07, 6.45) is 39.4. The molecule has 3 aromatic heterocycles. The number of anilines is 1. The Morgan fingerprint density at radius 3 is 1.51 bits per heavy atom. The molecule has 4 heterocycles. The van der Waals surface area contributed by atoms with Gasteiger partial charge in [0.15, 0.2) is 0 Å². The average molecular weight is 1340 g/mol. The first-order chi connectivity index (χ1) is 48.8. The Balaban J connectivity index is 0.836. The van der Waals surface area contributed by atoms with E-state index in [2.05, 4.69) is 166 Å². The number of rotatable bonds is 26. The molecular weight excluding hydrogens is 1250 g/mol. The van der Waals surface area contributed by atoms with E-state index >= 15 is 0 Å². The number of allylic oxidation sites excluding steroid dienone is 21. The lowest BCUT2D eigenvalue weighted by atomic mass is 9.72. The summed E-state index contributed by atoms with van der Waals surface area (Å²) in [4.78, 5) is 29.9. The predicted molar refractivity (Wildman–Crippen MR) is 417 cm³/mol. The second-order valence-electron chi connectivity index (χ2n) is 25.8. The van der Waals surface area contributed by atoms with E-state index in [1.807, 2.05) is 152 Å². The average Bonchev–Trinajstić information content (AvgIpc) is 1.66.